The van der Waals surface area contributed by atoms with Gasteiger partial charge in [-0.05, 0) is 41.8 Å². The molecule has 0 saturated carbocycles. The molecule has 0 fully saturated rings. The van der Waals surface area contributed by atoms with E-state index < -0.39 is 0 Å². The Labute approximate surface area is 178 Å². The van der Waals surface area contributed by atoms with Crippen molar-refractivity contribution in [3.05, 3.63) is 91.9 Å². The minimum absolute atomic E-state index is 0.237. The van der Waals surface area contributed by atoms with Gasteiger partial charge in [0.25, 0.3) is 5.56 Å². The van der Waals surface area contributed by atoms with Gasteiger partial charge in [0.15, 0.2) is 0 Å². The minimum Gasteiger partial charge on any atom is -0.457 e. The van der Waals surface area contributed by atoms with Crippen molar-refractivity contribution >= 4 is 21.6 Å². The molecule has 0 atom stereocenters. The monoisotopic (exact) mass is 420 g/mol. The van der Waals surface area contributed by atoms with Crippen molar-refractivity contribution in [2.24, 2.45) is 13.0 Å². The van der Waals surface area contributed by atoms with Crippen molar-refractivity contribution in [2.45, 2.75) is 26.8 Å². The number of aromatic nitrogens is 2. The Morgan fingerprint density at radius 3 is 2.43 bits per heavy atom. The molecule has 0 aliphatic carbocycles. The van der Waals surface area contributed by atoms with E-state index in [4.69, 9.17) is 4.74 Å². The fraction of sp³-hybridized carbons (Fsp3) is 0.250. The molecular weight excluding hydrogens is 396 g/mol. The van der Waals surface area contributed by atoms with Crippen LogP contribution in [-0.2, 0) is 20.0 Å². The SMILES string of the molecule is CC(C)Cn1c(=O)n(C)c(=O)c2cc(Cc3cccc(Oc4ccccc4)c3)sc21. The molecule has 0 saturated heterocycles. The van der Waals surface area contributed by atoms with E-state index in [2.05, 4.69) is 13.8 Å². The van der Waals surface area contributed by atoms with Crippen LogP contribution in [0.3, 0.4) is 0 Å². The van der Waals surface area contributed by atoms with Gasteiger partial charge in [0.1, 0.15) is 16.3 Å². The lowest BCUT2D eigenvalue weighted by molar-refractivity contribution is 0.482. The van der Waals surface area contributed by atoms with Gasteiger partial charge in [0, 0.05) is 24.9 Å². The summed E-state index contributed by atoms with van der Waals surface area (Å²) in [7, 11) is 1.54. The van der Waals surface area contributed by atoms with Crippen molar-refractivity contribution in [2.75, 3.05) is 0 Å². The zero-order valence-corrected chi connectivity index (χ0v) is 18.1. The molecule has 2 aromatic carbocycles. The van der Waals surface area contributed by atoms with Gasteiger partial charge in [0.05, 0.1) is 5.39 Å². The standard InChI is InChI=1S/C24H24N2O3S/c1-16(2)15-26-23-21(22(27)25(3)24(26)28)14-20(30-23)13-17-8-7-11-19(12-17)29-18-9-5-4-6-10-18/h4-12,14,16H,13,15H2,1-3H3. The zero-order chi connectivity index (χ0) is 21.3. The van der Waals surface area contributed by atoms with Gasteiger partial charge >= 0.3 is 5.69 Å². The van der Waals surface area contributed by atoms with Gasteiger partial charge in [-0.1, -0.05) is 44.2 Å². The highest BCUT2D eigenvalue weighted by Gasteiger charge is 2.15. The van der Waals surface area contributed by atoms with Crippen LogP contribution >= 0.6 is 11.3 Å². The van der Waals surface area contributed by atoms with Gasteiger partial charge in [-0.3, -0.25) is 13.9 Å². The molecule has 4 rings (SSSR count). The summed E-state index contributed by atoms with van der Waals surface area (Å²) >= 11 is 1.52. The summed E-state index contributed by atoms with van der Waals surface area (Å²) in [5.41, 5.74) is 0.594. The Morgan fingerprint density at radius 2 is 1.70 bits per heavy atom. The van der Waals surface area contributed by atoms with Crippen LogP contribution in [0.5, 0.6) is 11.5 Å². The highest BCUT2D eigenvalue weighted by molar-refractivity contribution is 7.18. The number of nitrogens with zero attached hydrogens (tertiary/aromatic N) is 2. The van der Waals surface area contributed by atoms with Crippen LogP contribution in [0, 0.1) is 5.92 Å². The smallest absolute Gasteiger partial charge is 0.331 e. The predicted octanol–water partition coefficient (Wildman–Crippen LogP) is 4.80. The number of ether oxygens (including phenoxy) is 1. The normalized spacial score (nSPS) is 11.3. The highest BCUT2D eigenvalue weighted by Crippen LogP contribution is 2.27. The maximum Gasteiger partial charge on any atom is 0.331 e. The van der Waals surface area contributed by atoms with Crippen LogP contribution in [0.1, 0.15) is 24.3 Å². The molecular formula is C24H24N2O3S. The van der Waals surface area contributed by atoms with Crippen LogP contribution in [0.15, 0.2) is 70.3 Å². The van der Waals surface area contributed by atoms with Crippen molar-refractivity contribution in [3.63, 3.8) is 0 Å². The van der Waals surface area contributed by atoms with E-state index in [1.807, 2.05) is 60.7 Å². The highest BCUT2D eigenvalue weighted by atomic mass is 32.1. The third-order valence-corrected chi connectivity index (χ3v) is 6.02. The molecule has 0 spiro atoms. The van der Waals surface area contributed by atoms with E-state index in [-0.39, 0.29) is 11.2 Å². The molecule has 2 aromatic heterocycles. The first-order valence-corrected chi connectivity index (χ1v) is 10.8. The molecule has 0 unspecified atom stereocenters. The Bertz CT molecular complexity index is 1300. The summed E-state index contributed by atoms with van der Waals surface area (Å²) in [6, 6.07) is 19.5. The van der Waals surface area contributed by atoms with Crippen molar-refractivity contribution in [1.29, 1.82) is 0 Å². The first kappa shape index (κ1) is 20.2. The molecule has 154 valence electrons. The van der Waals surface area contributed by atoms with E-state index in [9.17, 15) is 9.59 Å². The fourth-order valence-corrected chi connectivity index (χ4v) is 4.66. The average Bonchev–Trinajstić information content (AvgIpc) is 3.14. The number of hydrogen-bond donors (Lipinski definition) is 0. The summed E-state index contributed by atoms with van der Waals surface area (Å²) < 4.78 is 8.86. The number of fused-ring (bicyclic) bond motifs is 1. The summed E-state index contributed by atoms with van der Waals surface area (Å²) in [5.74, 6) is 1.87. The van der Waals surface area contributed by atoms with Crippen molar-refractivity contribution in [3.8, 4) is 11.5 Å². The Balaban J connectivity index is 1.68. The zero-order valence-electron chi connectivity index (χ0n) is 17.3. The third kappa shape index (κ3) is 4.09. The van der Waals surface area contributed by atoms with E-state index >= 15 is 0 Å². The molecule has 30 heavy (non-hydrogen) atoms. The predicted molar refractivity (Wildman–Crippen MR) is 122 cm³/mol. The maximum atomic E-state index is 12.6. The van der Waals surface area contributed by atoms with E-state index in [1.165, 1.54) is 15.9 Å². The second kappa shape index (κ2) is 8.32. The van der Waals surface area contributed by atoms with Crippen molar-refractivity contribution < 1.29 is 4.74 Å². The Kier molecular flexibility index (Phi) is 5.59. The van der Waals surface area contributed by atoms with Crippen molar-refractivity contribution in [1.82, 2.24) is 9.13 Å². The third-order valence-electron chi connectivity index (χ3n) is 4.86. The van der Waals surface area contributed by atoms with Gasteiger partial charge in [-0.25, -0.2) is 4.79 Å². The molecule has 0 aliphatic rings. The van der Waals surface area contributed by atoms with Crippen LogP contribution in [0.4, 0.5) is 0 Å². The fourth-order valence-electron chi connectivity index (χ4n) is 3.48. The lowest BCUT2D eigenvalue weighted by Gasteiger charge is -2.11. The molecule has 0 bridgehead atoms. The first-order chi connectivity index (χ1) is 14.4. The Hall–Kier alpha value is -3.12. The maximum absolute atomic E-state index is 12.6. The molecule has 0 amide bonds. The van der Waals surface area contributed by atoms with Crippen LogP contribution in [-0.4, -0.2) is 9.13 Å². The summed E-state index contributed by atoms with van der Waals surface area (Å²) in [4.78, 5) is 27.1. The molecule has 0 aliphatic heterocycles. The van der Waals surface area contributed by atoms with Crippen LogP contribution < -0.4 is 16.0 Å². The van der Waals surface area contributed by atoms with Gasteiger partial charge in [-0.2, -0.15) is 0 Å². The lowest BCUT2D eigenvalue weighted by Crippen LogP contribution is -2.38. The number of thiophene rings is 1. The van der Waals surface area contributed by atoms with E-state index in [1.54, 1.807) is 11.6 Å². The molecule has 6 heteroatoms. The van der Waals surface area contributed by atoms with E-state index in [0.29, 0.717) is 24.3 Å². The van der Waals surface area contributed by atoms with E-state index in [0.717, 1.165) is 26.8 Å². The molecule has 0 radical (unpaired) electrons. The number of hydrogen-bond acceptors (Lipinski definition) is 4. The second-order valence-corrected chi connectivity index (χ2v) is 8.94. The quantitative estimate of drug-likeness (QED) is 0.450. The number of para-hydroxylation sites is 1. The lowest BCUT2D eigenvalue weighted by atomic mass is 10.1. The summed E-state index contributed by atoms with van der Waals surface area (Å²) in [6.07, 6.45) is 0.671. The van der Waals surface area contributed by atoms with Gasteiger partial charge < -0.3 is 4.74 Å². The minimum atomic E-state index is -0.257. The van der Waals surface area contributed by atoms with Gasteiger partial charge in [0.2, 0.25) is 0 Å². The van der Waals surface area contributed by atoms with Gasteiger partial charge in [-0.15, -0.1) is 11.3 Å². The molecule has 4 aromatic rings. The number of benzene rings is 2. The molecule has 2 heterocycles. The topological polar surface area (TPSA) is 53.2 Å². The summed E-state index contributed by atoms with van der Waals surface area (Å²) in [5, 5.41) is 0.606. The molecule has 0 N–H and O–H groups in total. The summed E-state index contributed by atoms with van der Waals surface area (Å²) in [6.45, 7) is 4.72. The second-order valence-electron chi connectivity index (χ2n) is 7.82. The largest absolute Gasteiger partial charge is 0.457 e. The van der Waals surface area contributed by atoms with Crippen LogP contribution in [0.2, 0.25) is 0 Å². The Morgan fingerprint density at radius 1 is 0.967 bits per heavy atom. The number of rotatable bonds is 6. The average molecular weight is 421 g/mol. The van der Waals surface area contributed by atoms with Crippen LogP contribution in [0.25, 0.3) is 10.2 Å². The molecule has 5 nitrogen and oxygen atoms in total. The first-order valence-electron chi connectivity index (χ1n) is 9.96.